The maximum Gasteiger partial charge on any atom is 0.303 e. The van der Waals surface area contributed by atoms with Crippen molar-refractivity contribution in [2.45, 2.75) is 103 Å². The molecule has 2 N–H and O–H groups in total. The number of hydrogen-bond acceptors (Lipinski definition) is 2. The van der Waals surface area contributed by atoms with Crippen LogP contribution in [0.1, 0.15) is 97.3 Å². The van der Waals surface area contributed by atoms with Crippen LogP contribution in [0.3, 0.4) is 0 Å². The molecule has 136 valence electrons. The van der Waals surface area contributed by atoms with Crippen LogP contribution in [0.25, 0.3) is 0 Å². The van der Waals surface area contributed by atoms with Crippen LogP contribution < -0.4 is 0 Å². The van der Waals surface area contributed by atoms with E-state index in [9.17, 15) is 9.90 Å². The van der Waals surface area contributed by atoms with Gasteiger partial charge < -0.3 is 10.2 Å². The van der Waals surface area contributed by atoms with Gasteiger partial charge in [-0.2, -0.15) is 0 Å². The van der Waals surface area contributed by atoms with Crippen molar-refractivity contribution in [3.8, 4) is 0 Å². The maximum absolute atomic E-state index is 10.4. The van der Waals surface area contributed by atoms with Crippen molar-refractivity contribution in [2.75, 3.05) is 0 Å². The summed E-state index contributed by atoms with van der Waals surface area (Å²) in [7, 11) is 0. The Morgan fingerprint density at radius 3 is 1.83 bits per heavy atom. The highest BCUT2D eigenvalue weighted by molar-refractivity contribution is 5.66. The van der Waals surface area contributed by atoms with E-state index in [1.54, 1.807) is 0 Å². The molecule has 23 heavy (non-hydrogen) atoms. The number of unbranched alkanes of at least 4 members (excludes halogenated alkanes) is 10. The van der Waals surface area contributed by atoms with Crippen LogP contribution in [0.4, 0.5) is 0 Å². The number of aliphatic hydroxyl groups is 1. The van der Waals surface area contributed by atoms with Crippen molar-refractivity contribution in [2.24, 2.45) is 5.92 Å². The number of hydrogen-bond donors (Lipinski definition) is 2. The summed E-state index contributed by atoms with van der Waals surface area (Å²) < 4.78 is 0. The minimum Gasteiger partial charge on any atom is -0.481 e. The van der Waals surface area contributed by atoms with Crippen LogP contribution in [0, 0.1) is 5.92 Å². The van der Waals surface area contributed by atoms with Gasteiger partial charge in [0, 0.05) is 6.42 Å². The lowest BCUT2D eigenvalue weighted by atomic mass is 10.0. The fraction of sp³-hybridized carbons (Fsp3) is 0.850. The van der Waals surface area contributed by atoms with Gasteiger partial charge in [0.2, 0.25) is 0 Å². The first-order valence-electron chi connectivity index (χ1n) is 9.59. The number of carboxylic acids is 1. The van der Waals surface area contributed by atoms with Crippen LogP contribution in [0.15, 0.2) is 12.2 Å². The average Bonchev–Trinajstić information content (AvgIpc) is 2.46. The molecule has 0 saturated carbocycles. The SMILES string of the molecule is CC(C)C[C@H](O)/C=C\CCCCCCCCCCCCC(=O)O. The second-order valence-corrected chi connectivity index (χ2v) is 7.09. The van der Waals surface area contributed by atoms with E-state index >= 15 is 0 Å². The summed E-state index contributed by atoms with van der Waals surface area (Å²) in [5.74, 6) is -0.124. The number of aliphatic carboxylic acids is 1. The van der Waals surface area contributed by atoms with Gasteiger partial charge in [0.05, 0.1) is 6.10 Å². The largest absolute Gasteiger partial charge is 0.481 e. The molecule has 3 heteroatoms. The Hall–Kier alpha value is -0.830. The fourth-order valence-corrected chi connectivity index (χ4v) is 2.77. The van der Waals surface area contributed by atoms with Crippen molar-refractivity contribution in [1.29, 1.82) is 0 Å². The predicted molar refractivity (Wildman–Crippen MR) is 97.6 cm³/mol. The van der Waals surface area contributed by atoms with Gasteiger partial charge in [0.25, 0.3) is 0 Å². The summed E-state index contributed by atoms with van der Waals surface area (Å²) in [5.41, 5.74) is 0. The summed E-state index contributed by atoms with van der Waals surface area (Å²) in [5, 5.41) is 18.2. The Morgan fingerprint density at radius 1 is 0.870 bits per heavy atom. The molecule has 3 nitrogen and oxygen atoms in total. The second-order valence-electron chi connectivity index (χ2n) is 7.09. The van der Waals surface area contributed by atoms with Crippen LogP contribution in [-0.4, -0.2) is 22.3 Å². The van der Waals surface area contributed by atoms with Crippen molar-refractivity contribution in [3.05, 3.63) is 12.2 Å². The molecule has 1 atom stereocenters. The molecule has 0 aliphatic heterocycles. The molecule has 0 heterocycles. The van der Waals surface area contributed by atoms with E-state index in [-0.39, 0.29) is 6.10 Å². The monoisotopic (exact) mass is 326 g/mol. The van der Waals surface area contributed by atoms with E-state index in [0.29, 0.717) is 12.3 Å². The average molecular weight is 327 g/mol. The lowest BCUT2D eigenvalue weighted by Crippen LogP contribution is -2.05. The number of carboxylic acid groups (broad SMARTS) is 1. The molecule has 0 amide bonds. The van der Waals surface area contributed by atoms with Crippen molar-refractivity contribution in [3.63, 3.8) is 0 Å². The van der Waals surface area contributed by atoms with Crippen molar-refractivity contribution >= 4 is 5.97 Å². The Balaban J connectivity index is 3.19. The molecule has 0 saturated heterocycles. The second kappa shape index (κ2) is 16.0. The molecule has 0 rings (SSSR count). The van der Waals surface area contributed by atoms with Gasteiger partial charge in [0.15, 0.2) is 0 Å². The summed E-state index contributed by atoms with van der Waals surface area (Å²) >= 11 is 0. The zero-order valence-corrected chi connectivity index (χ0v) is 15.3. The highest BCUT2D eigenvalue weighted by Gasteiger charge is 2.01. The first kappa shape index (κ1) is 22.2. The van der Waals surface area contributed by atoms with Gasteiger partial charge in [-0.05, 0) is 31.6 Å². The Kier molecular flexibility index (Phi) is 15.5. The van der Waals surface area contributed by atoms with Gasteiger partial charge in [-0.25, -0.2) is 0 Å². The molecule has 0 bridgehead atoms. The standard InChI is InChI=1S/C20H38O3/c1-18(2)17-19(21)15-13-11-9-7-5-3-4-6-8-10-12-14-16-20(22)23/h13,15,18-19,21H,3-12,14,16-17H2,1-2H3,(H,22,23)/b15-13-/t19-/m1/s1. The lowest BCUT2D eigenvalue weighted by molar-refractivity contribution is -0.137. The molecular formula is C20H38O3. The number of carbonyl (C=O) groups is 1. The lowest BCUT2D eigenvalue weighted by Gasteiger charge is -2.07. The summed E-state index contributed by atoms with van der Waals surface area (Å²) in [4.78, 5) is 10.4. The normalized spacial score (nSPS) is 13.0. The molecule has 0 aliphatic carbocycles. The van der Waals surface area contributed by atoms with Gasteiger partial charge in [0.1, 0.15) is 0 Å². The Morgan fingerprint density at radius 2 is 1.35 bits per heavy atom. The van der Waals surface area contributed by atoms with E-state index in [4.69, 9.17) is 5.11 Å². The quantitative estimate of drug-likeness (QED) is 0.282. The molecule has 0 aromatic heterocycles. The third kappa shape index (κ3) is 19.1. The first-order chi connectivity index (χ1) is 11.0. The first-order valence-corrected chi connectivity index (χ1v) is 9.59. The smallest absolute Gasteiger partial charge is 0.303 e. The highest BCUT2D eigenvalue weighted by Crippen LogP contribution is 2.12. The zero-order valence-electron chi connectivity index (χ0n) is 15.3. The zero-order chi connectivity index (χ0) is 17.3. The number of aliphatic hydroxyl groups excluding tert-OH is 1. The van der Waals surface area contributed by atoms with E-state index in [2.05, 4.69) is 19.9 Å². The minimum absolute atomic E-state index is 0.273. The van der Waals surface area contributed by atoms with E-state index < -0.39 is 5.97 Å². The van der Waals surface area contributed by atoms with E-state index in [1.807, 2.05) is 6.08 Å². The summed E-state index contributed by atoms with van der Waals surface area (Å²) in [6.45, 7) is 4.26. The highest BCUT2D eigenvalue weighted by atomic mass is 16.4. The molecule has 0 spiro atoms. The maximum atomic E-state index is 10.4. The van der Waals surface area contributed by atoms with E-state index in [0.717, 1.165) is 25.7 Å². The van der Waals surface area contributed by atoms with Crippen LogP contribution in [0.5, 0.6) is 0 Å². The fourth-order valence-electron chi connectivity index (χ4n) is 2.77. The third-order valence-electron chi connectivity index (χ3n) is 4.08. The third-order valence-corrected chi connectivity index (χ3v) is 4.08. The van der Waals surface area contributed by atoms with Crippen molar-refractivity contribution < 1.29 is 15.0 Å². The van der Waals surface area contributed by atoms with Gasteiger partial charge in [-0.3, -0.25) is 4.79 Å². The summed E-state index contributed by atoms with van der Waals surface area (Å²) in [6.07, 6.45) is 18.1. The van der Waals surface area contributed by atoms with Crippen molar-refractivity contribution in [1.82, 2.24) is 0 Å². The van der Waals surface area contributed by atoms with Crippen LogP contribution >= 0.6 is 0 Å². The molecule has 0 radical (unpaired) electrons. The predicted octanol–water partition coefficient (Wildman–Crippen LogP) is 5.72. The van der Waals surface area contributed by atoms with E-state index in [1.165, 1.54) is 51.4 Å². The molecule has 0 aromatic rings. The van der Waals surface area contributed by atoms with Crippen LogP contribution in [-0.2, 0) is 4.79 Å². The topological polar surface area (TPSA) is 57.5 Å². The number of rotatable bonds is 16. The molecular weight excluding hydrogens is 288 g/mol. The Labute approximate surface area is 143 Å². The molecule has 0 aliphatic rings. The molecule has 0 unspecified atom stereocenters. The van der Waals surface area contributed by atoms with Gasteiger partial charge in [-0.15, -0.1) is 0 Å². The number of allylic oxidation sites excluding steroid dienone is 1. The van der Waals surface area contributed by atoms with Gasteiger partial charge in [-0.1, -0.05) is 77.4 Å². The van der Waals surface area contributed by atoms with Gasteiger partial charge >= 0.3 is 5.97 Å². The molecule has 0 aromatic carbocycles. The molecule has 0 fully saturated rings. The summed E-state index contributed by atoms with van der Waals surface area (Å²) in [6, 6.07) is 0. The Bertz CT molecular complexity index is 297. The minimum atomic E-state index is -0.672. The van der Waals surface area contributed by atoms with Crippen LogP contribution in [0.2, 0.25) is 0 Å².